The molecule has 0 unspecified atom stereocenters. The molecule has 0 rings (SSSR count). The Balaban J connectivity index is 0. The number of unbranched alkanes of at least 4 members (excludes halogenated alkanes) is 1. The Morgan fingerprint density at radius 1 is 0.923 bits per heavy atom. The zero-order chi connectivity index (χ0) is 10.4. The maximum Gasteiger partial charge on any atom is 0.0858 e. The van der Waals surface area contributed by atoms with Gasteiger partial charge < -0.3 is 14.9 Å². The minimum atomic E-state index is 0.195. The topological polar surface area (TPSA) is 49.7 Å². The third-order valence-corrected chi connectivity index (χ3v) is 0.996. The highest BCUT2D eigenvalue weighted by Crippen LogP contribution is 1.80. The van der Waals surface area contributed by atoms with Crippen LogP contribution in [0, 0.1) is 0 Å². The van der Waals surface area contributed by atoms with Gasteiger partial charge in [-0.15, -0.1) is 0 Å². The Bertz CT molecular complexity index is 105. The molecule has 0 aromatic carbocycles. The van der Waals surface area contributed by atoms with Crippen molar-refractivity contribution in [2.24, 2.45) is 0 Å². The molecule has 0 aliphatic carbocycles. The first-order valence-electron chi connectivity index (χ1n) is 4.43. The Morgan fingerprint density at radius 2 is 1.31 bits per heavy atom. The summed E-state index contributed by atoms with van der Waals surface area (Å²) >= 11 is 0. The number of hydrogen-bond donors (Lipinski definition) is 2. The van der Waals surface area contributed by atoms with E-state index in [1.165, 1.54) is 0 Å². The van der Waals surface area contributed by atoms with Crippen LogP contribution >= 0.6 is 0 Å². The molecule has 0 saturated heterocycles. The molecule has 2 N–H and O–H groups in total. The van der Waals surface area contributed by atoms with Crippen molar-refractivity contribution in [3.63, 3.8) is 0 Å². The van der Waals surface area contributed by atoms with Gasteiger partial charge in [0, 0.05) is 13.2 Å². The predicted molar refractivity (Wildman–Crippen MR) is 54.1 cm³/mol. The molecule has 0 saturated carbocycles. The maximum absolute atomic E-state index is 8.09. The highest BCUT2D eigenvalue weighted by molar-refractivity contribution is 4.73. The van der Waals surface area contributed by atoms with Crippen molar-refractivity contribution in [3.05, 3.63) is 24.7 Å². The van der Waals surface area contributed by atoms with Crippen molar-refractivity contribution in [1.29, 1.82) is 0 Å². The van der Waals surface area contributed by atoms with E-state index in [2.05, 4.69) is 0 Å². The third kappa shape index (κ3) is 24.7. The van der Waals surface area contributed by atoms with Crippen molar-refractivity contribution < 1.29 is 14.9 Å². The van der Waals surface area contributed by atoms with Gasteiger partial charge in [0.1, 0.15) is 0 Å². The molecule has 3 nitrogen and oxygen atoms in total. The van der Waals surface area contributed by atoms with Crippen LogP contribution in [-0.2, 0) is 4.74 Å². The van der Waals surface area contributed by atoms with Crippen LogP contribution in [0.4, 0.5) is 0 Å². The van der Waals surface area contributed by atoms with E-state index in [-0.39, 0.29) is 13.2 Å². The molecule has 0 aliphatic rings. The predicted octanol–water partition coefficient (Wildman–Crippen LogP) is 1.82. The van der Waals surface area contributed by atoms with Gasteiger partial charge in [0.25, 0.3) is 0 Å². The molecule has 13 heavy (non-hydrogen) atoms. The SMILES string of the molecule is C/C=C\O/C=C\C.OCCCCO. The maximum atomic E-state index is 8.09. The van der Waals surface area contributed by atoms with E-state index in [0.717, 1.165) is 12.8 Å². The Morgan fingerprint density at radius 3 is 1.54 bits per heavy atom. The van der Waals surface area contributed by atoms with E-state index in [0.29, 0.717) is 0 Å². The summed E-state index contributed by atoms with van der Waals surface area (Å²) in [6, 6.07) is 0. The average molecular weight is 188 g/mol. The number of aliphatic hydroxyl groups is 2. The van der Waals surface area contributed by atoms with E-state index >= 15 is 0 Å². The molecule has 0 aromatic rings. The molecule has 0 amide bonds. The van der Waals surface area contributed by atoms with Crippen molar-refractivity contribution in [2.45, 2.75) is 26.7 Å². The fourth-order valence-corrected chi connectivity index (χ4v) is 0.426. The number of allylic oxidation sites excluding steroid dienone is 2. The first-order chi connectivity index (χ1) is 6.33. The lowest BCUT2D eigenvalue weighted by molar-refractivity contribution is 0.242. The average Bonchev–Trinajstić information content (AvgIpc) is 2.17. The summed E-state index contributed by atoms with van der Waals surface area (Å²) in [5, 5.41) is 16.2. The summed E-state index contributed by atoms with van der Waals surface area (Å²) < 4.78 is 4.77. The zero-order valence-corrected chi connectivity index (χ0v) is 8.44. The Kier molecular flexibility index (Phi) is 19.6. The van der Waals surface area contributed by atoms with Crippen molar-refractivity contribution >= 4 is 0 Å². The molecule has 0 spiro atoms. The fourth-order valence-electron chi connectivity index (χ4n) is 0.426. The smallest absolute Gasteiger partial charge is 0.0858 e. The normalized spacial score (nSPS) is 10.2. The van der Waals surface area contributed by atoms with Crippen molar-refractivity contribution in [1.82, 2.24) is 0 Å². The summed E-state index contributed by atoms with van der Waals surface area (Å²) in [6.07, 6.45) is 8.35. The molecular formula is C10H20O3. The number of hydrogen-bond acceptors (Lipinski definition) is 3. The summed E-state index contributed by atoms with van der Waals surface area (Å²) in [6.45, 7) is 4.20. The highest BCUT2D eigenvalue weighted by Gasteiger charge is 1.77. The van der Waals surface area contributed by atoms with E-state index in [1.54, 1.807) is 12.5 Å². The second kappa shape index (κ2) is 17.3. The van der Waals surface area contributed by atoms with Crippen LogP contribution in [0.15, 0.2) is 24.7 Å². The first kappa shape index (κ1) is 14.7. The van der Waals surface area contributed by atoms with E-state index in [1.807, 2.05) is 26.0 Å². The molecule has 0 heterocycles. The molecule has 3 heteroatoms. The minimum absolute atomic E-state index is 0.195. The second-order valence-electron chi connectivity index (χ2n) is 2.23. The van der Waals surface area contributed by atoms with Gasteiger partial charge in [-0.3, -0.25) is 0 Å². The standard InChI is InChI=1S/C6H10O.C4H10O2/c1-3-5-7-6-4-2;5-3-1-2-4-6/h3-6H,1-2H3;5-6H,1-4H2/b5-3-,6-4-;. The van der Waals surface area contributed by atoms with Gasteiger partial charge in [0.2, 0.25) is 0 Å². The summed E-state index contributed by atoms with van der Waals surface area (Å²) in [5.41, 5.74) is 0. The lowest BCUT2D eigenvalue weighted by atomic mass is 10.3. The lowest BCUT2D eigenvalue weighted by Crippen LogP contribution is -1.85. The summed E-state index contributed by atoms with van der Waals surface area (Å²) in [7, 11) is 0. The van der Waals surface area contributed by atoms with Gasteiger partial charge in [-0.25, -0.2) is 0 Å². The summed E-state index contributed by atoms with van der Waals surface area (Å²) in [4.78, 5) is 0. The number of rotatable bonds is 5. The molecule has 0 bridgehead atoms. The van der Waals surface area contributed by atoms with E-state index in [9.17, 15) is 0 Å². The van der Waals surface area contributed by atoms with Crippen LogP contribution in [0.3, 0.4) is 0 Å². The van der Waals surface area contributed by atoms with Crippen LogP contribution in [0.5, 0.6) is 0 Å². The van der Waals surface area contributed by atoms with Gasteiger partial charge >= 0.3 is 0 Å². The van der Waals surface area contributed by atoms with Gasteiger partial charge in [0.05, 0.1) is 12.5 Å². The molecule has 78 valence electrons. The van der Waals surface area contributed by atoms with Crippen LogP contribution in [0.25, 0.3) is 0 Å². The van der Waals surface area contributed by atoms with E-state index in [4.69, 9.17) is 14.9 Å². The monoisotopic (exact) mass is 188 g/mol. The molecule has 0 aromatic heterocycles. The largest absolute Gasteiger partial charge is 0.473 e. The quantitative estimate of drug-likeness (QED) is 0.511. The minimum Gasteiger partial charge on any atom is -0.473 e. The van der Waals surface area contributed by atoms with E-state index < -0.39 is 0 Å². The summed E-state index contributed by atoms with van der Waals surface area (Å²) in [5.74, 6) is 0. The van der Waals surface area contributed by atoms with Crippen LogP contribution in [0.1, 0.15) is 26.7 Å². The molecule has 0 radical (unpaired) electrons. The molecule has 0 aliphatic heterocycles. The molecule has 0 fully saturated rings. The Hall–Kier alpha value is -0.800. The Labute approximate surface area is 80.4 Å². The zero-order valence-electron chi connectivity index (χ0n) is 8.44. The van der Waals surface area contributed by atoms with Crippen LogP contribution in [-0.4, -0.2) is 23.4 Å². The third-order valence-electron chi connectivity index (χ3n) is 0.996. The highest BCUT2D eigenvalue weighted by atomic mass is 16.5. The van der Waals surface area contributed by atoms with Gasteiger partial charge in [-0.2, -0.15) is 0 Å². The fraction of sp³-hybridized carbons (Fsp3) is 0.600. The van der Waals surface area contributed by atoms with Gasteiger partial charge in [0.15, 0.2) is 0 Å². The number of ether oxygens (including phenoxy) is 1. The second-order valence-corrected chi connectivity index (χ2v) is 2.23. The van der Waals surface area contributed by atoms with Crippen molar-refractivity contribution in [2.75, 3.05) is 13.2 Å². The first-order valence-corrected chi connectivity index (χ1v) is 4.43. The van der Waals surface area contributed by atoms with Crippen molar-refractivity contribution in [3.8, 4) is 0 Å². The van der Waals surface area contributed by atoms with Crippen LogP contribution < -0.4 is 0 Å². The van der Waals surface area contributed by atoms with Gasteiger partial charge in [-0.1, -0.05) is 12.2 Å². The molecular weight excluding hydrogens is 168 g/mol. The van der Waals surface area contributed by atoms with Crippen LogP contribution in [0.2, 0.25) is 0 Å². The number of aliphatic hydroxyl groups excluding tert-OH is 2. The molecule has 0 atom stereocenters. The van der Waals surface area contributed by atoms with Gasteiger partial charge in [-0.05, 0) is 26.7 Å². The lowest BCUT2D eigenvalue weighted by Gasteiger charge is -1.85.